The van der Waals surface area contributed by atoms with E-state index in [1.54, 1.807) is 129 Å². The molecular formula is C87H110ClN12NaO15. The number of halogens is 1. The fraction of sp³-hybridized carbons (Fsp3) is 0.414. The largest absolute Gasteiger partial charge is 1.00 e. The Morgan fingerprint density at radius 1 is 0.457 bits per heavy atom. The first-order valence-corrected chi connectivity index (χ1v) is 39.3. The number of likely N-dealkylation sites (N-methyl/N-ethyl adjacent to an activating group) is 2. The molecule has 0 unspecified atom stereocenters. The molecule has 3 saturated heterocycles. The summed E-state index contributed by atoms with van der Waals surface area (Å²) >= 11 is 5.35. The van der Waals surface area contributed by atoms with Crippen molar-refractivity contribution in [3.8, 4) is 23.1 Å². The number of pyridine rings is 3. The summed E-state index contributed by atoms with van der Waals surface area (Å²) in [5.41, 5.74) is 8.54. The Morgan fingerprint density at radius 3 is 1.22 bits per heavy atom. The van der Waals surface area contributed by atoms with Crippen molar-refractivity contribution in [2.24, 2.45) is 0 Å². The number of carbonyl (C=O) groups is 6. The van der Waals surface area contributed by atoms with E-state index in [-0.39, 0.29) is 91.1 Å². The van der Waals surface area contributed by atoms with Crippen molar-refractivity contribution in [2.75, 3.05) is 209 Å². The number of aromatic amines is 1. The molecule has 3 fully saturated rings. The van der Waals surface area contributed by atoms with Crippen LogP contribution in [-0.4, -0.2) is 274 Å². The van der Waals surface area contributed by atoms with E-state index in [0.717, 1.165) is 62.0 Å². The molecule has 0 radical (unpaired) electrons. The van der Waals surface area contributed by atoms with Gasteiger partial charge in [-0.25, -0.2) is 19.4 Å². The van der Waals surface area contributed by atoms with Crippen LogP contribution in [0.2, 0.25) is 0 Å². The molecular weight excluding hydrogens is 1510 g/mol. The van der Waals surface area contributed by atoms with E-state index >= 15 is 0 Å². The fourth-order valence-electron chi connectivity index (χ4n) is 13.7. The zero-order valence-electron chi connectivity index (χ0n) is 70.9. The van der Waals surface area contributed by atoms with Crippen LogP contribution in [0.15, 0.2) is 137 Å². The van der Waals surface area contributed by atoms with Gasteiger partial charge in [0, 0.05) is 143 Å². The van der Waals surface area contributed by atoms with Crippen molar-refractivity contribution >= 4 is 97.0 Å². The monoisotopic (exact) mass is 1620 g/mol. The molecule has 12 rings (SSSR count). The quantitative estimate of drug-likeness (QED) is 0.0265. The number of hydrogen-bond acceptors (Lipinski definition) is 22. The summed E-state index contributed by atoms with van der Waals surface area (Å²) in [6.07, 6.45) is 0. The van der Waals surface area contributed by atoms with Crippen LogP contribution < -0.4 is 74.3 Å². The molecule has 0 atom stereocenters. The Kier molecular flexibility index (Phi) is 34.3. The molecule has 0 saturated carbocycles. The number of aryl methyl sites for hydroxylation is 3. The SMILES string of the molecule is CCOC(=O)c1c(N2CCN(C(=O)c3ccc(OC)cc3)CC2)c2cc(C)ccc2[nH]c1=O.CCOC(=O)c1c(N2CCN(C(=O)c3ccc(OC)cc3)CC2)c2cc(C)ccc2n(CCN(C)C)c1=O.CCOC(=O)c1c(OCCN(C)C)nc2ccc(C)cc2c1N1CCN(C(=O)c2ccc(OC)cc2)CC1.CN(C)CCCl.[H-].[Na+]. The van der Waals surface area contributed by atoms with Gasteiger partial charge >= 0.3 is 47.5 Å². The number of benzene rings is 6. The van der Waals surface area contributed by atoms with Crippen LogP contribution in [0.25, 0.3) is 32.7 Å². The molecule has 116 heavy (non-hydrogen) atoms. The van der Waals surface area contributed by atoms with Crippen molar-refractivity contribution in [1.29, 1.82) is 0 Å². The van der Waals surface area contributed by atoms with Crippen LogP contribution >= 0.6 is 11.6 Å². The molecule has 29 heteroatoms. The Bertz CT molecular complexity index is 4990. The van der Waals surface area contributed by atoms with Gasteiger partial charge in [0.1, 0.15) is 40.5 Å². The van der Waals surface area contributed by atoms with E-state index in [2.05, 4.69) is 9.88 Å². The maximum absolute atomic E-state index is 13.8. The van der Waals surface area contributed by atoms with Crippen LogP contribution in [0.1, 0.15) is 101 Å². The van der Waals surface area contributed by atoms with Gasteiger partial charge < -0.3 is 88.2 Å². The minimum Gasteiger partial charge on any atom is -1.00 e. The first kappa shape index (κ1) is 91.3. The van der Waals surface area contributed by atoms with Crippen LogP contribution in [0.5, 0.6) is 23.1 Å². The summed E-state index contributed by atoms with van der Waals surface area (Å²) in [4.78, 5) is 130. The first-order chi connectivity index (χ1) is 55.3. The second-order valence-corrected chi connectivity index (χ2v) is 29.1. The summed E-state index contributed by atoms with van der Waals surface area (Å²) < 4.78 is 39.3. The number of nitrogens with one attached hydrogen (secondary N) is 1. The second-order valence-electron chi connectivity index (χ2n) is 28.7. The number of hydrogen-bond donors (Lipinski definition) is 1. The van der Waals surface area contributed by atoms with Crippen molar-refractivity contribution < 1.29 is 92.9 Å². The third-order valence-corrected chi connectivity index (χ3v) is 20.0. The van der Waals surface area contributed by atoms with Gasteiger partial charge in [0.15, 0.2) is 0 Å². The normalized spacial score (nSPS) is 13.4. The van der Waals surface area contributed by atoms with Crippen molar-refractivity contribution in [3.05, 3.63) is 198 Å². The molecule has 3 aliphatic heterocycles. The number of piperazine rings is 3. The number of carbonyl (C=O) groups excluding carboxylic acids is 6. The molecule has 0 bridgehead atoms. The topological polar surface area (TPSA) is 264 Å². The van der Waals surface area contributed by atoms with Gasteiger partial charge in [-0.15, -0.1) is 11.6 Å². The van der Waals surface area contributed by atoms with Gasteiger partial charge in [-0.3, -0.25) is 24.0 Å². The van der Waals surface area contributed by atoms with Gasteiger partial charge in [-0.2, -0.15) is 0 Å². The van der Waals surface area contributed by atoms with Gasteiger partial charge in [0.05, 0.1) is 74.8 Å². The zero-order valence-corrected chi connectivity index (χ0v) is 72.7. The Balaban J connectivity index is 0.000000232. The minimum atomic E-state index is -0.645. The van der Waals surface area contributed by atoms with Crippen LogP contribution in [0.4, 0.5) is 17.1 Å². The summed E-state index contributed by atoms with van der Waals surface area (Å²) in [5.74, 6) is 1.23. The van der Waals surface area contributed by atoms with E-state index in [4.69, 9.17) is 49.7 Å². The van der Waals surface area contributed by atoms with E-state index in [1.165, 1.54) is 0 Å². The number of H-pyrrole nitrogens is 1. The van der Waals surface area contributed by atoms with Gasteiger partial charge in [0.2, 0.25) is 5.88 Å². The van der Waals surface area contributed by atoms with E-state index in [0.29, 0.717) is 161 Å². The molecule has 27 nitrogen and oxygen atoms in total. The smallest absolute Gasteiger partial charge is 1.00 e. The summed E-state index contributed by atoms with van der Waals surface area (Å²) in [7, 11) is 16.6. The Morgan fingerprint density at radius 2 is 0.828 bits per heavy atom. The molecule has 0 aliphatic carbocycles. The van der Waals surface area contributed by atoms with Gasteiger partial charge in [0.25, 0.3) is 28.8 Å². The van der Waals surface area contributed by atoms with Gasteiger partial charge in [-0.05, 0) is 193 Å². The van der Waals surface area contributed by atoms with Crippen LogP contribution in [-0.2, 0) is 20.8 Å². The van der Waals surface area contributed by atoms with Crippen molar-refractivity contribution in [2.45, 2.75) is 48.1 Å². The summed E-state index contributed by atoms with van der Waals surface area (Å²) in [6.45, 7) is 20.8. The molecule has 1 N–H and O–H groups in total. The van der Waals surface area contributed by atoms with Crippen LogP contribution in [0.3, 0.4) is 0 Å². The number of aromatic nitrogens is 3. The predicted molar refractivity (Wildman–Crippen MR) is 453 cm³/mol. The van der Waals surface area contributed by atoms with E-state index in [9.17, 15) is 38.4 Å². The third-order valence-electron chi connectivity index (χ3n) is 19.8. The number of nitrogens with zero attached hydrogens (tertiary/aromatic N) is 11. The number of fused-ring (bicyclic) bond motifs is 3. The molecule has 3 aliphatic rings. The number of ether oxygens (including phenoxy) is 7. The van der Waals surface area contributed by atoms with Crippen LogP contribution in [0, 0.1) is 20.8 Å². The standard InChI is InChI=1S/2C29H36N4O5.C25H27N3O5.C4H10ClN.Na.H/c1-6-38-29(36)25-26(23-19-20(2)7-12-24(23)33(28(25)35)18-13-30(3)4)31-14-16-32(17-15-31)27(34)21-8-10-22(37-5)11-9-21;1-6-37-29(35)25-26(23-19-20(2)7-12-24(23)30-27(25)38-18-17-31(3)4)32-13-15-33(16-14-32)28(34)21-8-10-22(36-5)11-9-21;1-4-33-25(31)21-22(19-15-16(2)5-10-20(19)26-23(21)29)27-11-13-28(14-12-27)24(30)17-6-8-18(32-3)9-7-17;1-6(2)4-3-5;;/h2*7-12,19H,6,13-18H2,1-5H3;5-10,15H,4,11-14H2,1-3H3,(H,26,29);3-4H2,1-2H3;;/q;;;;+1;-1. The molecule has 3 amide bonds. The molecule has 6 aromatic carbocycles. The summed E-state index contributed by atoms with van der Waals surface area (Å²) in [6, 6.07) is 38.9. The minimum absolute atomic E-state index is 0. The summed E-state index contributed by atoms with van der Waals surface area (Å²) in [5, 5.41) is 2.48. The maximum atomic E-state index is 13.8. The van der Waals surface area contributed by atoms with Crippen molar-refractivity contribution in [1.82, 2.24) is 43.9 Å². The third kappa shape index (κ3) is 23.1. The number of methoxy groups -OCH3 is 3. The molecule has 616 valence electrons. The average molecular weight is 1620 g/mol. The average Bonchev–Trinajstić information content (AvgIpc) is 0.758. The number of amides is 3. The number of anilines is 3. The van der Waals surface area contributed by atoms with Crippen molar-refractivity contribution in [3.63, 3.8) is 0 Å². The number of esters is 3. The Labute approximate surface area is 707 Å². The van der Waals surface area contributed by atoms with Gasteiger partial charge in [-0.1, -0.05) is 34.9 Å². The molecule has 0 spiro atoms. The fourth-order valence-corrected chi connectivity index (χ4v) is 14.0. The zero-order chi connectivity index (χ0) is 83.2. The predicted octanol–water partition coefficient (Wildman–Crippen LogP) is 7.54. The Hall–Kier alpha value is -10.3. The first-order valence-electron chi connectivity index (χ1n) is 38.7. The number of rotatable bonds is 24. The van der Waals surface area contributed by atoms with E-state index < -0.39 is 23.5 Å². The molecule has 9 aromatic rings. The number of alkyl halides is 1. The molecule has 6 heterocycles. The maximum Gasteiger partial charge on any atom is 1.00 e. The molecule has 3 aromatic heterocycles. The second kappa shape index (κ2) is 43.6. The van der Waals surface area contributed by atoms with E-state index in [1.807, 2.05) is 147 Å².